The number of nitrogens with one attached hydrogen (secondary N) is 4. The van der Waals surface area contributed by atoms with Crippen molar-refractivity contribution in [2.45, 2.75) is 195 Å². The molecule has 30 heteroatoms. The highest BCUT2D eigenvalue weighted by Crippen LogP contribution is 2.35. The molecule has 1 aromatic carbocycles. The van der Waals surface area contributed by atoms with Gasteiger partial charge in [0.25, 0.3) is 5.91 Å². The van der Waals surface area contributed by atoms with Crippen LogP contribution in [0.15, 0.2) is 24.3 Å². The van der Waals surface area contributed by atoms with Gasteiger partial charge in [-0.3, -0.25) is 23.7 Å². The predicted octanol–water partition coefficient (Wildman–Crippen LogP) is -4.92. The largest absolute Gasteiger partial charge is 0.494 e. The van der Waals surface area contributed by atoms with Crippen molar-refractivity contribution in [2.24, 2.45) is 0 Å². The number of aliphatic hydroxyl groups is 9. The Labute approximate surface area is 450 Å². The fraction of sp³-hybridized carbons (Fsp3) is 0.750. The standard InChI is InChI=1S/C48H74N4O25S/c1-5-6-7-8-9-10-11-12-13-17-69-27-16-14-15-26(18-27)44(64)52-33-37(60)36(59)28(19-53)72-46(33)75-41-29(20-54)73-47(34(39(41)62)50-24(3)57)76-42-30(21-55)74-48(35(40(42)63)51-25(4)58)77-43-31(22-70-78(66,67)68)71-45(65)32(38(43)61)49-23(2)56/h14-16,18,28-43,45-48,53-55,59-63,65H,5-9,12-13,17,19-22H2,1-4H3,(H,49,56)(H,50,57)(H,51,58)(H,52,64)(H,66,67,68)/t28?,29-,30?,31-,32?,33-,34?,35-,36+,37?,38?,39?,40+,41+,42?,43+,45?,46-,47?,48-/m0/s1. The van der Waals surface area contributed by atoms with Crippen molar-refractivity contribution in [3.63, 3.8) is 0 Å². The average molecular weight is 1140 g/mol. The van der Waals surface area contributed by atoms with Crippen LogP contribution in [0.4, 0.5) is 0 Å². The Balaban J connectivity index is 1.35. The second-order valence-electron chi connectivity index (χ2n) is 19.0. The Kier molecular flexibility index (Phi) is 25.2. The van der Waals surface area contributed by atoms with E-state index >= 15 is 0 Å². The summed E-state index contributed by atoms with van der Waals surface area (Å²) < 4.78 is 83.8. The van der Waals surface area contributed by atoms with Gasteiger partial charge < -0.3 is 105 Å². The van der Waals surface area contributed by atoms with Gasteiger partial charge in [0, 0.05) is 39.2 Å². The highest BCUT2D eigenvalue weighted by Gasteiger charge is 2.56. The second-order valence-corrected chi connectivity index (χ2v) is 20.1. The first kappa shape index (κ1) is 64.5. The Morgan fingerprint density at radius 2 is 1.06 bits per heavy atom. The van der Waals surface area contributed by atoms with E-state index in [4.69, 9.17) is 37.9 Å². The van der Waals surface area contributed by atoms with E-state index in [2.05, 4.69) is 44.2 Å². The molecular formula is C48H74N4O25S. The minimum atomic E-state index is -5.16. The van der Waals surface area contributed by atoms with E-state index in [0.29, 0.717) is 25.2 Å². The highest BCUT2D eigenvalue weighted by molar-refractivity contribution is 7.80. The smallest absolute Gasteiger partial charge is 0.397 e. The fourth-order valence-electron chi connectivity index (χ4n) is 9.21. The fourth-order valence-corrected chi connectivity index (χ4v) is 9.51. The molecule has 0 aromatic heterocycles. The summed E-state index contributed by atoms with van der Waals surface area (Å²) in [6.07, 6.45) is -23.1. The molecule has 78 heavy (non-hydrogen) atoms. The third-order valence-corrected chi connectivity index (χ3v) is 13.5. The minimum Gasteiger partial charge on any atom is -0.494 e. The molecule has 29 nitrogen and oxygen atoms in total. The first-order valence-corrected chi connectivity index (χ1v) is 26.8. The van der Waals surface area contributed by atoms with Crippen LogP contribution in [0.25, 0.3) is 0 Å². The van der Waals surface area contributed by atoms with E-state index in [1.165, 1.54) is 18.6 Å². The van der Waals surface area contributed by atoms with Crippen LogP contribution in [0, 0.1) is 11.8 Å². The Morgan fingerprint density at radius 1 is 0.590 bits per heavy atom. The Hall–Kier alpha value is -4.31. The number of ether oxygens (including phenoxy) is 8. The molecule has 5 rings (SSSR count). The van der Waals surface area contributed by atoms with Crippen molar-refractivity contribution in [2.75, 3.05) is 33.0 Å². The molecule has 4 fully saturated rings. The van der Waals surface area contributed by atoms with Gasteiger partial charge >= 0.3 is 10.4 Å². The van der Waals surface area contributed by atoms with Gasteiger partial charge in [-0.2, -0.15) is 8.42 Å². The number of rotatable bonds is 25. The van der Waals surface area contributed by atoms with Crippen LogP contribution in [0.3, 0.4) is 0 Å². The van der Waals surface area contributed by atoms with Crippen molar-refractivity contribution in [3.8, 4) is 17.6 Å². The third kappa shape index (κ3) is 17.8. The van der Waals surface area contributed by atoms with E-state index in [1.807, 2.05) is 0 Å². The monoisotopic (exact) mass is 1140 g/mol. The first-order valence-electron chi connectivity index (χ1n) is 25.4. The molecule has 0 aliphatic carbocycles. The number of carbonyl (C=O) groups is 4. The molecule has 0 radical (unpaired) electrons. The molecule has 0 spiro atoms. The average Bonchev–Trinajstić information content (AvgIpc) is 3.38. The van der Waals surface area contributed by atoms with Crippen LogP contribution in [-0.4, -0.2) is 238 Å². The summed E-state index contributed by atoms with van der Waals surface area (Å²) in [4.78, 5) is 51.1. The van der Waals surface area contributed by atoms with Crippen LogP contribution in [-0.2, 0) is 62.1 Å². The molecule has 442 valence electrons. The molecule has 1 aromatic rings. The van der Waals surface area contributed by atoms with Crippen molar-refractivity contribution in [3.05, 3.63) is 29.8 Å². The zero-order valence-corrected chi connectivity index (χ0v) is 44.2. The summed E-state index contributed by atoms with van der Waals surface area (Å²) in [6, 6.07) is -0.745. The molecular weight excluding hydrogens is 1060 g/mol. The molecule has 14 N–H and O–H groups in total. The van der Waals surface area contributed by atoms with E-state index in [0.717, 1.165) is 46.5 Å². The van der Waals surface area contributed by atoms with E-state index < -0.39 is 183 Å². The highest BCUT2D eigenvalue weighted by atomic mass is 32.3. The molecule has 0 bridgehead atoms. The van der Waals surface area contributed by atoms with Crippen LogP contribution in [0.2, 0.25) is 0 Å². The predicted molar refractivity (Wildman–Crippen MR) is 262 cm³/mol. The van der Waals surface area contributed by atoms with Gasteiger partial charge in [-0.25, -0.2) is 4.18 Å². The number of benzene rings is 1. The number of aliphatic hydroxyl groups excluding tert-OH is 9. The molecule has 4 amide bonds. The lowest BCUT2D eigenvalue weighted by atomic mass is 9.93. The van der Waals surface area contributed by atoms with E-state index in [1.54, 1.807) is 12.1 Å². The van der Waals surface area contributed by atoms with Crippen molar-refractivity contribution in [1.82, 2.24) is 21.3 Å². The van der Waals surface area contributed by atoms with Gasteiger partial charge in [0.1, 0.15) is 103 Å². The summed E-state index contributed by atoms with van der Waals surface area (Å²) in [5.74, 6) is 3.39. The maximum Gasteiger partial charge on any atom is 0.397 e. The number of carbonyl (C=O) groups excluding carboxylic acids is 4. The maximum atomic E-state index is 13.8. The van der Waals surface area contributed by atoms with Crippen LogP contribution in [0.1, 0.15) is 83.0 Å². The second kappa shape index (κ2) is 30.5. The lowest BCUT2D eigenvalue weighted by molar-refractivity contribution is -0.361. The number of unbranched alkanes of at least 4 members (excludes halogenated alkanes) is 5. The van der Waals surface area contributed by atoms with Crippen LogP contribution >= 0.6 is 0 Å². The molecule has 10 unspecified atom stereocenters. The number of hydrogen-bond acceptors (Lipinski definition) is 24. The van der Waals surface area contributed by atoms with Crippen molar-refractivity contribution < 1.29 is 120 Å². The van der Waals surface area contributed by atoms with Gasteiger partial charge in [0.15, 0.2) is 25.2 Å². The van der Waals surface area contributed by atoms with Gasteiger partial charge in [-0.1, -0.05) is 32.3 Å². The first-order chi connectivity index (χ1) is 37.0. The van der Waals surface area contributed by atoms with E-state index in [-0.39, 0.29) is 5.56 Å². The van der Waals surface area contributed by atoms with E-state index in [9.17, 15) is 78.1 Å². The Morgan fingerprint density at radius 3 is 1.56 bits per heavy atom. The van der Waals surface area contributed by atoms with Crippen molar-refractivity contribution >= 4 is 34.0 Å². The summed E-state index contributed by atoms with van der Waals surface area (Å²) in [7, 11) is -5.16. The third-order valence-electron chi connectivity index (χ3n) is 13.0. The topological polar surface area (TPSA) is 436 Å². The molecule has 4 saturated heterocycles. The zero-order chi connectivity index (χ0) is 57.4. The van der Waals surface area contributed by atoms with Crippen LogP contribution in [0.5, 0.6) is 5.75 Å². The SMILES string of the molecule is CCCCCCC#CCCCOc1cccc(C(=O)N[C@H]2C(O)[C@H](O)C(CO)O[C@H]2O[C@H]2C(O)C(NC(C)=O)C(OC3C(CO)O[C@@H](O[C@H]4C(O)C(NC(C)=O)C(O)O[C@H]4COS(=O)(=O)O)[C@@H](NC(C)=O)[C@H]3O)O[C@H]2CO)c1. The lowest BCUT2D eigenvalue weighted by Crippen LogP contribution is -2.71. The van der Waals surface area contributed by atoms with Gasteiger partial charge in [-0.15, -0.1) is 11.8 Å². The molecule has 4 aliphatic heterocycles. The van der Waals surface area contributed by atoms with Crippen molar-refractivity contribution in [1.29, 1.82) is 0 Å². The molecule has 20 atom stereocenters. The summed E-state index contributed by atoms with van der Waals surface area (Å²) in [6.45, 7) is 1.51. The lowest BCUT2D eigenvalue weighted by Gasteiger charge is -2.51. The summed E-state index contributed by atoms with van der Waals surface area (Å²) >= 11 is 0. The summed E-state index contributed by atoms with van der Waals surface area (Å²) in [5.41, 5.74) is 0.0447. The van der Waals surface area contributed by atoms with Gasteiger partial charge in [0.05, 0.1) is 33.0 Å². The zero-order valence-electron chi connectivity index (χ0n) is 43.3. The molecule has 4 aliphatic rings. The normalized spacial score (nSPS) is 35.1. The maximum absolute atomic E-state index is 13.8. The Bertz CT molecular complexity index is 2280. The van der Waals surface area contributed by atoms with Gasteiger partial charge in [-0.05, 0) is 31.0 Å². The number of hydrogen-bond donors (Lipinski definition) is 14. The van der Waals surface area contributed by atoms with Gasteiger partial charge in [0.2, 0.25) is 17.7 Å². The minimum absolute atomic E-state index is 0.0447. The molecule has 4 heterocycles. The summed E-state index contributed by atoms with van der Waals surface area (Å²) in [5, 5.41) is 109. The quantitative estimate of drug-likeness (QED) is 0.0248. The van der Waals surface area contributed by atoms with Crippen LogP contribution < -0.4 is 26.0 Å². The molecule has 0 saturated carbocycles. The number of amides is 4.